The molecule has 0 aliphatic carbocycles. The number of amidine groups is 1. The van der Waals surface area contributed by atoms with Gasteiger partial charge in [-0.25, -0.2) is 0 Å². The molecule has 1 atom stereocenters. The monoisotopic (exact) mass is 252 g/mol. The first-order valence-corrected chi connectivity index (χ1v) is 6.48. The third-order valence-corrected chi connectivity index (χ3v) is 3.11. The van der Waals surface area contributed by atoms with E-state index in [9.17, 15) is 8.42 Å². The highest BCUT2D eigenvalue weighted by atomic mass is 32.2. The van der Waals surface area contributed by atoms with Crippen LogP contribution in [0.3, 0.4) is 0 Å². The molecule has 5 N–H and O–H groups in total. The zero-order valence-corrected chi connectivity index (χ0v) is 10.4. The molecule has 0 aromatic carbocycles. The van der Waals surface area contributed by atoms with Crippen molar-refractivity contribution in [1.82, 2.24) is 9.44 Å². The zero-order chi connectivity index (χ0) is 12.6. The first kappa shape index (κ1) is 15.3. The number of ether oxygens (including phenoxy) is 1. The van der Waals surface area contributed by atoms with Crippen molar-refractivity contribution in [3.8, 4) is 0 Å². The Morgan fingerprint density at radius 3 is 2.62 bits per heavy atom. The Hall–Kier alpha value is -0.700. The second-order valence-electron chi connectivity index (χ2n) is 3.34. The lowest BCUT2D eigenvalue weighted by Crippen LogP contribution is -2.44. The normalized spacial score (nSPS) is 13.6. The Morgan fingerprint density at radius 1 is 1.56 bits per heavy atom. The Morgan fingerprint density at radius 2 is 2.19 bits per heavy atom. The number of hydrogen-bond acceptors (Lipinski definition) is 4. The van der Waals surface area contributed by atoms with Gasteiger partial charge in [0, 0.05) is 26.1 Å². The molecule has 96 valence electrons. The standard InChI is InChI=1S/C8H20N4O3S/c1-3-7(6-8(9)10)12-16(13,14)11-4-5-15-2/h7,11-12H,3-6H2,1-2H3,(H3,9,10). The predicted octanol–water partition coefficient (Wildman–Crippen LogP) is -0.839. The molecule has 0 aromatic rings. The van der Waals surface area contributed by atoms with Gasteiger partial charge < -0.3 is 10.5 Å². The van der Waals surface area contributed by atoms with Crippen LogP contribution in [0.2, 0.25) is 0 Å². The van der Waals surface area contributed by atoms with Crippen LogP contribution in [0.5, 0.6) is 0 Å². The molecule has 0 aromatic heterocycles. The number of nitrogens with one attached hydrogen (secondary N) is 3. The maximum absolute atomic E-state index is 11.5. The fourth-order valence-electron chi connectivity index (χ4n) is 1.07. The molecule has 1 unspecified atom stereocenters. The summed E-state index contributed by atoms with van der Waals surface area (Å²) in [5, 5.41) is 7.11. The average molecular weight is 252 g/mol. The van der Waals surface area contributed by atoms with E-state index in [-0.39, 0.29) is 24.8 Å². The van der Waals surface area contributed by atoms with Gasteiger partial charge in [0.1, 0.15) is 0 Å². The van der Waals surface area contributed by atoms with Crippen molar-refractivity contribution < 1.29 is 13.2 Å². The van der Waals surface area contributed by atoms with Gasteiger partial charge in [-0.05, 0) is 6.42 Å². The Balaban J connectivity index is 4.15. The van der Waals surface area contributed by atoms with Crippen LogP contribution in [-0.2, 0) is 14.9 Å². The number of hydrogen-bond donors (Lipinski definition) is 4. The molecular weight excluding hydrogens is 232 g/mol. The third-order valence-electron chi connectivity index (χ3n) is 1.88. The number of methoxy groups -OCH3 is 1. The minimum Gasteiger partial charge on any atom is -0.388 e. The fourth-order valence-corrected chi connectivity index (χ4v) is 2.20. The van der Waals surface area contributed by atoms with Crippen molar-refractivity contribution in [2.45, 2.75) is 25.8 Å². The average Bonchev–Trinajstić information content (AvgIpc) is 2.15. The summed E-state index contributed by atoms with van der Waals surface area (Å²) in [5.74, 6) is -0.0357. The van der Waals surface area contributed by atoms with Crippen LogP contribution in [0, 0.1) is 5.41 Å². The molecule has 0 aliphatic rings. The largest absolute Gasteiger partial charge is 0.388 e. The van der Waals surface area contributed by atoms with Crippen LogP contribution in [0.25, 0.3) is 0 Å². The van der Waals surface area contributed by atoms with Crippen LogP contribution in [0.4, 0.5) is 0 Å². The molecule has 7 nitrogen and oxygen atoms in total. The predicted molar refractivity (Wildman–Crippen MR) is 62.5 cm³/mol. The first-order chi connectivity index (χ1) is 7.41. The minimum atomic E-state index is -3.54. The van der Waals surface area contributed by atoms with E-state index < -0.39 is 10.2 Å². The van der Waals surface area contributed by atoms with Gasteiger partial charge in [0.15, 0.2) is 0 Å². The van der Waals surface area contributed by atoms with Gasteiger partial charge in [-0.15, -0.1) is 0 Å². The smallest absolute Gasteiger partial charge is 0.277 e. The summed E-state index contributed by atoms with van der Waals surface area (Å²) in [7, 11) is -2.05. The summed E-state index contributed by atoms with van der Waals surface area (Å²) in [6.45, 7) is 2.35. The van der Waals surface area contributed by atoms with Crippen molar-refractivity contribution >= 4 is 16.0 Å². The van der Waals surface area contributed by atoms with Crippen molar-refractivity contribution in [3.63, 3.8) is 0 Å². The summed E-state index contributed by atoms with van der Waals surface area (Å²) < 4.78 is 32.4. The van der Waals surface area contributed by atoms with Gasteiger partial charge >= 0.3 is 0 Å². The fraction of sp³-hybridized carbons (Fsp3) is 0.875. The lowest BCUT2D eigenvalue weighted by molar-refractivity contribution is 0.204. The van der Waals surface area contributed by atoms with Crippen molar-refractivity contribution in [1.29, 1.82) is 5.41 Å². The van der Waals surface area contributed by atoms with E-state index in [1.807, 2.05) is 6.92 Å². The molecule has 0 rings (SSSR count). The van der Waals surface area contributed by atoms with Gasteiger partial charge in [0.05, 0.1) is 12.4 Å². The van der Waals surface area contributed by atoms with Gasteiger partial charge in [0.2, 0.25) is 0 Å². The lowest BCUT2D eigenvalue weighted by Gasteiger charge is -2.16. The Kier molecular flexibility index (Phi) is 7.22. The van der Waals surface area contributed by atoms with Crippen LogP contribution in [-0.4, -0.2) is 40.6 Å². The number of rotatable bonds is 9. The Labute approximate surface area is 96.4 Å². The molecule has 0 radical (unpaired) electrons. The van der Waals surface area contributed by atoms with Gasteiger partial charge in [-0.2, -0.15) is 17.9 Å². The maximum Gasteiger partial charge on any atom is 0.277 e. The molecule has 0 amide bonds. The maximum atomic E-state index is 11.5. The van der Waals surface area contributed by atoms with Gasteiger partial charge in [-0.1, -0.05) is 6.92 Å². The van der Waals surface area contributed by atoms with E-state index in [1.54, 1.807) is 0 Å². The van der Waals surface area contributed by atoms with Gasteiger partial charge in [0.25, 0.3) is 10.2 Å². The minimum absolute atomic E-state index is 0.0357. The quantitative estimate of drug-likeness (QED) is 0.243. The molecule has 0 heterocycles. The molecule has 8 heteroatoms. The van der Waals surface area contributed by atoms with Crippen LogP contribution in [0.1, 0.15) is 19.8 Å². The van der Waals surface area contributed by atoms with E-state index in [2.05, 4.69) is 9.44 Å². The molecule has 0 fully saturated rings. The SMILES string of the molecule is CCC(CC(=N)N)NS(=O)(=O)NCCOC. The highest BCUT2D eigenvalue weighted by Gasteiger charge is 2.16. The summed E-state index contributed by atoms with van der Waals surface area (Å²) in [4.78, 5) is 0. The van der Waals surface area contributed by atoms with E-state index in [1.165, 1.54) is 7.11 Å². The molecular formula is C8H20N4O3S. The van der Waals surface area contributed by atoms with E-state index >= 15 is 0 Å². The highest BCUT2D eigenvalue weighted by molar-refractivity contribution is 7.87. The van der Waals surface area contributed by atoms with Crippen molar-refractivity contribution in [2.24, 2.45) is 5.73 Å². The molecule has 0 aliphatic heterocycles. The van der Waals surface area contributed by atoms with Crippen LogP contribution < -0.4 is 15.2 Å². The van der Waals surface area contributed by atoms with E-state index in [0.29, 0.717) is 13.0 Å². The molecule has 0 saturated heterocycles. The topological polar surface area (TPSA) is 117 Å². The third kappa shape index (κ3) is 7.57. The van der Waals surface area contributed by atoms with Crippen LogP contribution >= 0.6 is 0 Å². The molecule has 0 bridgehead atoms. The summed E-state index contributed by atoms with van der Waals surface area (Å²) in [5.41, 5.74) is 5.22. The summed E-state index contributed by atoms with van der Waals surface area (Å²) >= 11 is 0. The summed E-state index contributed by atoms with van der Waals surface area (Å²) in [6, 6.07) is -0.349. The number of nitrogens with two attached hydrogens (primary N) is 1. The van der Waals surface area contributed by atoms with Crippen molar-refractivity contribution in [3.05, 3.63) is 0 Å². The Bertz CT molecular complexity index is 304. The van der Waals surface area contributed by atoms with E-state index in [0.717, 1.165) is 0 Å². The summed E-state index contributed by atoms with van der Waals surface area (Å²) in [6.07, 6.45) is 0.784. The second-order valence-corrected chi connectivity index (χ2v) is 4.87. The molecule has 16 heavy (non-hydrogen) atoms. The first-order valence-electron chi connectivity index (χ1n) is 5.00. The molecule has 0 saturated carbocycles. The van der Waals surface area contributed by atoms with Crippen LogP contribution in [0.15, 0.2) is 0 Å². The second kappa shape index (κ2) is 7.55. The lowest BCUT2D eigenvalue weighted by atomic mass is 10.1. The highest BCUT2D eigenvalue weighted by Crippen LogP contribution is 1.98. The zero-order valence-electron chi connectivity index (χ0n) is 9.62. The van der Waals surface area contributed by atoms with Gasteiger partial charge in [-0.3, -0.25) is 5.41 Å². The van der Waals surface area contributed by atoms with E-state index in [4.69, 9.17) is 15.9 Å². The van der Waals surface area contributed by atoms with Crippen molar-refractivity contribution in [2.75, 3.05) is 20.3 Å². The molecule has 0 spiro atoms.